The van der Waals surface area contributed by atoms with Gasteiger partial charge in [0.2, 0.25) is 0 Å². The van der Waals surface area contributed by atoms with Crippen molar-refractivity contribution in [2.75, 3.05) is 25.4 Å². The van der Waals surface area contributed by atoms with Crippen LogP contribution in [0.1, 0.15) is 25.7 Å². The molecule has 2 heterocycles. The molecule has 0 aromatic rings. The molecule has 0 radical (unpaired) electrons. The van der Waals surface area contributed by atoms with Crippen LogP contribution in [0, 0.1) is 5.92 Å². The summed E-state index contributed by atoms with van der Waals surface area (Å²) in [6, 6.07) is 0. The number of carboxylic acid groups (broad SMARTS) is 1. The van der Waals surface area contributed by atoms with Crippen molar-refractivity contribution in [2.24, 2.45) is 5.92 Å². The molecule has 0 bridgehead atoms. The molecule has 2 fully saturated rings. The van der Waals surface area contributed by atoms with Crippen molar-refractivity contribution >= 4 is 27.9 Å². The van der Waals surface area contributed by atoms with Crippen LogP contribution in [-0.4, -0.2) is 54.4 Å². The highest BCUT2D eigenvalue weighted by Crippen LogP contribution is 2.26. The highest BCUT2D eigenvalue weighted by Gasteiger charge is 2.31. The quantitative estimate of drug-likeness (QED) is 0.773. The molecule has 19 heavy (non-hydrogen) atoms. The van der Waals surface area contributed by atoms with Crippen LogP contribution in [0.25, 0.3) is 0 Å². The van der Waals surface area contributed by atoms with Crippen LogP contribution in [0.4, 0.5) is 0 Å². The maximum Gasteiger partial charge on any atom is 0.306 e. The van der Waals surface area contributed by atoms with Crippen LogP contribution in [0.15, 0.2) is 0 Å². The van der Waals surface area contributed by atoms with E-state index < -0.39 is 22.1 Å². The van der Waals surface area contributed by atoms with Crippen molar-refractivity contribution in [3.63, 3.8) is 0 Å². The number of nitrogens with zero attached hydrogens (tertiary/aromatic N) is 1. The predicted molar refractivity (Wildman–Crippen MR) is 74.3 cm³/mol. The zero-order valence-corrected chi connectivity index (χ0v) is 12.4. The molecule has 0 aromatic heterocycles. The number of carboxylic acids is 1. The average molecular weight is 308 g/mol. The van der Waals surface area contributed by atoms with Gasteiger partial charge in [-0.1, -0.05) is 0 Å². The summed E-state index contributed by atoms with van der Waals surface area (Å²) < 4.78 is 28.2. The Morgan fingerprint density at radius 1 is 1.32 bits per heavy atom. The first kappa shape index (κ1) is 15.1. The number of rotatable bonds is 5. The first-order valence-electron chi connectivity index (χ1n) is 6.58. The van der Waals surface area contributed by atoms with Gasteiger partial charge in [-0.15, -0.1) is 0 Å². The molecule has 2 saturated heterocycles. The second-order valence-electron chi connectivity index (χ2n) is 5.00. The van der Waals surface area contributed by atoms with Crippen molar-refractivity contribution in [3.05, 3.63) is 0 Å². The standard InChI is InChI=1S/C11H20N2O4S2/c14-11(15)9-3-5-13(6-4-9)19(16,17)12-8-10-2-1-7-18-10/h9-10,12H,1-8H2,(H,14,15). The lowest BCUT2D eigenvalue weighted by molar-refractivity contribution is -0.142. The van der Waals surface area contributed by atoms with Crippen molar-refractivity contribution in [1.82, 2.24) is 9.03 Å². The number of aliphatic carboxylic acids is 1. The minimum absolute atomic E-state index is 0.296. The van der Waals surface area contributed by atoms with Gasteiger partial charge in [0.1, 0.15) is 0 Å². The van der Waals surface area contributed by atoms with Crippen molar-refractivity contribution < 1.29 is 18.3 Å². The summed E-state index contributed by atoms with van der Waals surface area (Å²) in [4.78, 5) is 10.8. The summed E-state index contributed by atoms with van der Waals surface area (Å²) in [6.07, 6.45) is 3.01. The monoisotopic (exact) mass is 308 g/mol. The molecular weight excluding hydrogens is 288 g/mol. The predicted octanol–water partition coefficient (Wildman–Crippen LogP) is 0.513. The van der Waals surface area contributed by atoms with E-state index in [9.17, 15) is 13.2 Å². The Bertz CT molecular complexity index is 412. The molecule has 2 N–H and O–H groups in total. The topological polar surface area (TPSA) is 86.7 Å². The van der Waals surface area contributed by atoms with Gasteiger partial charge in [0.25, 0.3) is 10.2 Å². The van der Waals surface area contributed by atoms with E-state index in [-0.39, 0.29) is 0 Å². The molecule has 0 spiro atoms. The molecule has 0 saturated carbocycles. The second-order valence-corrected chi connectivity index (χ2v) is 8.16. The van der Waals surface area contributed by atoms with Gasteiger partial charge < -0.3 is 5.11 Å². The Balaban J connectivity index is 1.81. The van der Waals surface area contributed by atoms with Gasteiger partial charge in [-0.25, -0.2) is 4.72 Å². The van der Waals surface area contributed by atoms with Crippen LogP contribution >= 0.6 is 11.8 Å². The van der Waals surface area contributed by atoms with Gasteiger partial charge in [-0.2, -0.15) is 24.5 Å². The number of nitrogens with one attached hydrogen (secondary N) is 1. The van der Waals surface area contributed by atoms with E-state index >= 15 is 0 Å². The number of piperidine rings is 1. The van der Waals surface area contributed by atoms with Crippen LogP contribution in [0.3, 0.4) is 0 Å². The van der Waals surface area contributed by atoms with E-state index in [4.69, 9.17) is 5.11 Å². The summed E-state index contributed by atoms with van der Waals surface area (Å²) in [5.41, 5.74) is 0. The number of carbonyl (C=O) groups is 1. The van der Waals surface area contributed by atoms with E-state index in [2.05, 4.69) is 4.72 Å². The maximum atomic E-state index is 12.1. The second kappa shape index (κ2) is 6.43. The van der Waals surface area contributed by atoms with Crippen LogP contribution < -0.4 is 4.72 Å². The Morgan fingerprint density at radius 3 is 2.53 bits per heavy atom. The summed E-state index contributed by atoms with van der Waals surface area (Å²) in [7, 11) is -3.44. The van der Waals surface area contributed by atoms with Gasteiger partial charge in [-0.3, -0.25) is 4.79 Å². The first-order chi connectivity index (χ1) is 8.99. The Hall–Kier alpha value is -0.310. The lowest BCUT2D eigenvalue weighted by atomic mass is 9.99. The smallest absolute Gasteiger partial charge is 0.306 e. The molecule has 2 rings (SSSR count). The zero-order chi connectivity index (χ0) is 13.9. The Kier molecular flexibility index (Phi) is 5.10. The number of hydrogen-bond acceptors (Lipinski definition) is 4. The molecule has 1 unspecified atom stereocenters. The molecule has 6 nitrogen and oxygen atoms in total. The van der Waals surface area contributed by atoms with Gasteiger partial charge in [-0.05, 0) is 31.4 Å². The molecule has 8 heteroatoms. The third kappa shape index (κ3) is 4.08. The SMILES string of the molecule is O=C(O)C1CCN(S(=O)(=O)NCC2CCCS2)CC1. The van der Waals surface area contributed by atoms with E-state index in [1.165, 1.54) is 4.31 Å². The van der Waals surface area contributed by atoms with E-state index in [1.54, 1.807) is 0 Å². The van der Waals surface area contributed by atoms with Crippen molar-refractivity contribution in [1.29, 1.82) is 0 Å². The molecule has 2 aliphatic heterocycles. The molecule has 110 valence electrons. The fourth-order valence-electron chi connectivity index (χ4n) is 2.44. The van der Waals surface area contributed by atoms with Gasteiger partial charge in [0.05, 0.1) is 5.92 Å². The third-order valence-electron chi connectivity index (χ3n) is 3.66. The van der Waals surface area contributed by atoms with Crippen LogP contribution in [-0.2, 0) is 15.0 Å². The normalized spacial score (nSPS) is 26.6. The van der Waals surface area contributed by atoms with Crippen molar-refractivity contribution in [2.45, 2.75) is 30.9 Å². The van der Waals surface area contributed by atoms with E-state index in [0.29, 0.717) is 37.7 Å². The summed E-state index contributed by atoms with van der Waals surface area (Å²) in [6.45, 7) is 1.07. The minimum atomic E-state index is -3.44. The minimum Gasteiger partial charge on any atom is -0.481 e. The largest absolute Gasteiger partial charge is 0.481 e. The summed E-state index contributed by atoms with van der Waals surface area (Å²) in [5, 5.41) is 9.27. The van der Waals surface area contributed by atoms with Gasteiger partial charge >= 0.3 is 5.97 Å². The summed E-state index contributed by atoms with van der Waals surface area (Å²) >= 11 is 1.81. The van der Waals surface area contributed by atoms with Gasteiger partial charge in [0.15, 0.2) is 0 Å². The Morgan fingerprint density at radius 2 is 2.00 bits per heavy atom. The zero-order valence-electron chi connectivity index (χ0n) is 10.7. The van der Waals surface area contributed by atoms with Crippen molar-refractivity contribution in [3.8, 4) is 0 Å². The van der Waals surface area contributed by atoms with Gasteiger partial charge in [0, 0.05) is 24.9 Å². The number of thioether (sulfide) groups is 1. The number of hydrogen-bond donors (Lipinski definition) is 2. The average Bonchev–Trinajstić information content (AvgIpc) is 2.90. The molecule has 1 atom stereocenters. The molecule has 0 aliphatic carbocycles. The maximum absolute atomic E-state index is 12.1. The fraction of sp³-hybridized carbons (Fsp3) is 0.909. The highest BCUT2D eigenvalue weighted by molar-refractivity contribution is 8.00. The first-order valence-corrected chi connectivity index (χ1v) is 9.07. The molecule has 0 aromatic carbocycles. The lowest BCUT2D eigenvalue weighted by Crippen LogP contribution is -2.47. The fourth-order valence-corrected chi connectivity index (χ4v) is 5.03. The van der Waals surface area contributed by atoms with Crippen LogP contribution in [0.2, 0.25) is 0 Å². The highest BCUT2D eigenvalue weighted by atomic mass is 32.2. The molecule has 2 aliphatic rings. The van der Waals surface area contributed by atoms with E-state index in [1.807, 2.05) is 11.8 Å². The Labute approximate surface area is 118 Å². The van der Waals surface area contributed by atoms with E-state index in [0.717, 1.165) is 18.6 Å². The lowest BCUT2D eigenvalue weighted by Gasteiger charge is -2.29. The summed E-state index contributed by atoms with van der Waals surface area (Å²) in [5.74, 6) is -0.125. The third-order valence-corrected chi connectivity index (χ3v) is 6.64. The molecular formula is C11H20N2O4S2. The molecule has 0 amide bonds. The van der Waals surface area contributed by atoms with Crippen LogP contribution in [0.5, 0.6) is 0 Å².